The highest BCUT2D eigenvalue weighted by Crippen LogP contribution is 2.23. The van der Waals surface area contributed by atoms with Gasteiger partial charge in [0.2, 0.25) is 0 Å². The first-order valence-corrected chi connectivity index (χ1v) is 7.04. The van der Waals surface area contributed by atoms with Crippen molar-refractivity contribution in [2.75, 3.05) is 6.54 Å². The van der Waals surface area contributed by atoms with Crippen molar-refractivity contribution in [3.8, 4) is 11.1 Å². The molecule has 0 aliphatic carbocycles. The molecule has 3 nitrogen and oxygen atoms in total. The Hall–Kier alpha value is -2.42. The zero-order valence-corrected chi connectivity index (χ0v) is 12.3. The molecule has 0 fully saturated rings. The first kappa shape index (κ1) is 15.0. The fourth-order valence-electron chi connectivity index (χ4n) is 2.11. The lowest BCUT2D eigenvalue weighted by atomic mass is 9.98. The van der Waals surface area contributed by atoms with E-state index in [2.05, 4.69) is 43.4 Å². The van der Waals surface area contributed by atoms with E-state index in [-0.39, 0.29) is 12.5 Å². The van der Waals surface area contributed by atoms with Gasteiger partial charge in [-0.15, -0.1) is 0 Å². The molecule has 0 aliphatic rings. The molecular formula is C18H19NO2. The maximum atomic E-state index is 11.7. The summed E-state index contributed by atoms with van der Waals surface area (Å²) in [6.45, 7) is 4.38. The van der Waals surface area contributed by atoms with Gasteiger partial charge in [-0.2, -0.15) is 0 Å². The van der Waals surface area contributed by atoms with Crippen LogP contribution < -0.4 is 5.32 Å². The number of carbonyl (C=O) groups is 2. The van der Waals surface area contributed by atoms with Crippen LogP contribution in [0.3, 0.4) is 0 Å². The number of nitrogens with one attached hydrogen (secondary N) is 1. The Morgan fingerprint density at radius 3 is 2.00 bits per heavy atom. The normalized spacial score (nSPS) is 10.4. The standard InChI is InChI=1S/C18H19NO2/c1-13(2)14-3-5-15(6-4-14)16-7-9-17(10-8-16)18(21)19-11-12-20/h3-10,12-13H,11H2,1-2H3,(H,19,21). The molecule has 0 saturated heterocycles. The summed E-state index contributed by atoms with van der Waals surface area (Å²) in [7, 11) is 0. The van der Waals surface area contributed by atoms with Gasteiger partial charge >= 0.3 is 0 Å². The Morgan fingerprint density at radius 2 is 1.52 bits per heavy atom. The summed E-state index contributed by atoms with van der Waals surface area (Å²) in [5.74, 6) is 0.284. The van der Waals surface area contributed by atoms with Crippen molar-refractivity contribution in [3.05, 3.63) is 59.7 Å². The molecule has 0 unspecified atom stereocenters. The van der Waals surface area contributed by atoms with Gasteiger partial charge in [-0.25, -0.2) is 0 Å². The number of amides is 1. The molecule has 108 valence electrons. The summed E-state index contributed by atoms with van der Waals surface area (Å²) in [4.78, 5) is 21.9. The quantitative estimate of drug-likeness (QED) is 0.854. The van der Waals surface area contributed by atoms with Crippen molar-refractivity contribution in [1.29, 1.82) is 0 Å². The first-order chi connectivity index (χ1) is 10.1. The van der Waals surface area contributed by atoms with E-state index in [4.69, 9.17) is 0 Å². The summed E-state index contributed by atoms with van der Waals surface area (Å²) in [5, 5.41) is 2.52. The fourth-order valence-corrected chi connectivity index (χ4v) is 2.11. The van der Waals surface area contributed by atoms with Crippen LogP contribution in [-0.4, -0.2) is 18.7 Å². The Kier molecular flexibility index (Phi) is 4.88. The third-order valence-corrected chi connectivity index (χ3v) is 3.40. The summed E-state index contributed by atoms with van der Waals surface area (Å²) in [6.07, 6.45) is 0.669. The second-order valence-electron chi connectivity index (χ2n) is 5.23. The minimum Gasteiger partial charge on any atom is -0.345 e. The molecule has 0 heterocycles. The monoisotopic (exact) mass is 281 g/mol. The van der Waals surface area contributed by atoms with Crippen LogP contribution in [0.4, 0.5) is 0 Å². The minimum atomic E-state index is -0.233. The van der Waals surface area contributed by atoms with Gasteiger partial charge in [0, 0.05) is 5.56 Å². The molecule has 0 spiro atoms. The lowest BCUT2D eigenvalue weighted by Crippen LogP contribution is -2.24. The van der Waals surface area contributed by atoms with Crippen LogP contribution in [0.5, 0.6) is 0 Å². The van der Waals surface area contributed by atoms with E-state index in [9.17, 15) is 9.59 Å². The second kappa shape index (κ2) is 6.84. The van der Waals surface area contributed by atoms with E-state index >= 15 is 0 Å². The number of rotatable bonds is 5. The Balaban J connectivity index is 2.14. The third kappa shape index (κ3) is 3.78. The van der Waals surface area contributed by atoms with Gasteiger partial charge in [0.25, 0.3) is 5.91 Å². The maximum absolute atomic E-state index is 11.7. The fraction of sp³-hybridized carbons (Fsp3) is 0.222. The van der Waals surface area contributed by atoms with Gasteiger partial charge < -0.3 is 10.1 Å². The number of hydrogen-bond donors (Lipinski definition) is 1. The Morgan fingerprint density at radius 1 is 1.00 bits per heavy atom. The van der Waals surface area contributed by atoms with Gasteiger partial charge in [0.1, 0.15) is 6.29 Å². The molecule has 21 heavy (non-hydrogen) atoms. The van der Waals surface area contributed by atoms with E-state index in [0.29, 0.717) is 17.8 Å². The Labute approximate surface area is 125 Å². The van der Waals surface area contributed by atoms with E-state index < -0.39 is 0 Å². The van der Waals surface area contributed by atoms with Crippen molar-refractivity contribution in [1.82, 2.24) is 5.32 Å². The Bertz CT molecular complexity index is 613. The van der Waals surface area contributed by atoms with Crippen molar-refractivity contribution in [2.45, 2.75) is 19.8 Å². The molecule has 1 amide bonds. The number of benzene rings is 2. The highest BCUT2D eigenvalue weighted by Gasteiger charge is 2.05. The minimum absolute atomic E-state index is 0.0389. The summed E-state index contributed by atoms with van der Waals surface area (Å²) >= 11 is 0. The van der Waals surface area contributed by atoms with Crippen LogP contribution in [0.2, 0.25) is 0 Å². The topological polar surface area (TPSA) is 46.2 Å². The summed E-state index contributed by atoms with van der Waals surface area (Å²) in [6, 6.07) is 15.8. The molecule has 0 saturated carbocycles. The summed E-state index contributed by atoms with van der Waals surface area (Å²) in [5.41, 5.74) is 4.06. The SMILES string of the molecule is CC(C)c1ccc(-c2ccc(C(=O)NCC=O)cc2)cc1. The van der Waals surface area contributed by atoms with E-state index in [1.807, 2.05) is 12.1 Å². The van der Waals surface area contributed by atoms with Crippen molar-refractivity contribution in [2.24, 2.45) is 0 Å². The predicted octanol–water partition coefficient (Wildman–Crippen LogP) is 3.41. The van der Waals surface area contributed by atoms with Crippen molar-refractivity contribution in [3.63, 3.8) is 0 Å². The molecule has 0 radical (unpaired) electrons. The van der Waals surface area contributed by atoms with Crippen molar-refractivity contribution >= 4 is 12.2 Å². The van der Waals surface area contributed by atoms with E-state index in [0.717, 1.165) is 11.1 Å². The lowest BCUT2D eigenvalue weighted by Gasteiger charge is -2.08. The molecule has 2 aromatic carbocycles. The number of hydrogen-bond acceptors (Lipinski definition) is 2. The average molecular weight is 281 g/mol. The zero-order chi connectivity index (χ0) is 15.2. The molecule has 0 atom stereocenters. The van der Waals surface area contributed by atoms with Crippen LogP contribution in [0, 0.1) is 0 Å². The van der Waals surface area contributed by atoms with Gasteiger partial charge in [-0.05, 0) is 34.7 Å². The molecule has 3 heteroatoms. The highest BCUT2D eigenvalue weighted by atomic mass is 16.2. The molecule has 0 aromatic heterocycles. The van der Waals surface area contributed by atoms with Gasteiger partial charge in [-0.3, -0.25) is 4.79 Å². The number of carbonyl (C=O) groups excluding carboxylic acids is 2. The van der Waals surface area contributed by atoms with Gasteiger partial charge in [0.15, 0.2) is 0 Å². The average Bonchev–Trinajstić information content (AvgIpc) is 2.53. The highest BCUT2D eigenvalue weighted by molar-refractivity contribution is 5.95. The second-order valence-corrected chi connectivity index (χ2v) is 5.23. The molecule has 2 aromatic rings. The molecule has 1 N–H and O–H groups in total. The van der Waals surface area contributed by atoms with Gasteiger partial charge in [0.05, 0.1) is 6.54 Å². The number of aldehydes is 1. The van der Waals surface area contributed by atoms with E-state index in [1.54, 1.807) is 12.1 Å². The van der Waals surface area contributed by atoms with Crippen LogP contribution in [0.15, 0.2) is 48.5 Å². The largest absolute Gasteiger partial charge is 0.345 e. The van der Waals surface area contributed by atoms with Gasteiger partial charge in [-0.1, -0.05) is 50.2 Å². The molecular weight excluding hydrogens is 262 g/mol. The van der Waals surface area contributed by atoms with E-state index in [1.165, 1.54) is 5.56 Å². The predicted molar refractivity (Wildman–Crippen MR) is 84.4 cm³/mol. The van der Waals surface area contributed by atoms with Crippen LogP contribution in [0.1, 0.15) is 35.7 Å². The third-order valence-electron chi connectivity index (χ3n) is 3.40. The summed E-state index contributed by atoms with van der Waals surface area (Å²) < 4.78 is 0. The first-order valence-electron chi connectivity index (χ1n) is 7.04. The molecule has 2 rings (SSSR count). The van der Waals surface area contributed by atoms with Crippen molar-refractivity contribution < 1.29 is 9.59 Å². The molecule has 0 bridgehead atoms. The zero-order valence-electron chi connectivity index (χ0n) is 12.3. The lowest BCUT2D eigenvalue weighted by molar-refractivity contribution is -0.107. The maximum Gasteiger partial charge on any atom is 0.251 e. The van der Waals surface area contributed by atoms with Crippen LogP contribution in [0.25, 0.3) is 11.1 Å². The smallest absolute Gasteiger partial charge is 0.251 e. The van der Waals surface area contributed by atoms with Crippen LogP contribution in [-0.2, 0) is 4.79 Å². The molecule has 0 aliphatic heterocycles. The van der Waals surface area contributed by atoms with Crippen LogP contribution >= 0.6 is 0 Å².